The first-order valence-corrected chi connectivity index (χ1v) is 8.61. The van der Waals surface area contributed by atoms with Crippen LogP contribution >= 0.6 is 11.3 Å². The highest BCUT2D eigenvalue weighted by Gasteiger charge is 2.18. The molecule has 0 unspecified atom stereocenters. The van der Waals surface area contributed by atoms with Crippen molar-refractivity contribution in [3.8, 4) is 11.1 Å². The summed E-state index contributed by atoms with van der Waals surface area (Å²) in [5.74, 6) is 0.378. The van der Waals surface area contributed by atoms with Crippen molar-refractivity contribution in [2.75, 3.05) is 12.3 Å². The van der Waals surface area contributed by atoms with Crippen LogP contribution in [0.4, 0.5) is 5.95 Å². The molecule has 3 heterocycles. The Morgan fingerprint density at radius 2 is 2.04 bits per heavy atom. The molecule has 4 rings (SSSR count). The Hall–Kier alpha value is -2.24. The van der Waals surface area contributed by atoms with E-state index in [1.165, 1.54) is 21.6 Å². The summed E-state index contributed by atoms with van der Waals surface area (Å²) in [5, 5.41) is 2.24. The van der Waals surface area contributed by atoms with E-state index in [4.69, 9.17) is 5.73 Å². The van der Waals surface area contributed by atoms with Gasteiger partial charge in [0.05, 0.1) is 5.69 Å². The number of benzene rings is 1. The van der Waals surface area contributed by atoms with Crippen molar-refractivity contribution in [3.63, 3.8) is 0 Å². The molecule has 0 bridgehead atoms. The molecule has 0 radical (unpaired) electrons. The molecule has 23 heavy (non-hydrogen) atoms. The summed E-state index contributed by atoms with van der Waals surface area (Å²) in [7, 11) is 0. The third-order valence-electron chi connectivity index (χ3n) is 4.17. The van der Waals surface area contributed by atoms with Crippen LogP contribution in [0.3, 0.4) is 0 Å². The first-order chi connectivity index (χ1) is 11.3. The third-order valence-corrected chi connectivity index (χ3v) is 5.09. The number of nitrogens with two attached hydrogens (primary N) is 1. The Kier molecular flexibility index (Phi) is 3.81. The summed E-state index contributed by atoms with van der Waals surface area (Å²) in [5.41, 5.74) is 10.6. The number of aromatic nitrogens is 2. The van der Waals surface area contributed by atoms with E-state index in [9.17, 15) is 0 Å². The summed E-state index contributed by atoms with van der Waals surface area (Å²) >= 11 is 1.83. The number of fused-ring (bicyclic) bond motifs is 1. The molecule has 0 atom stereocenters. The molecule has 1 aliphatic rings. The second kappa shape index (κ2) is 6.10. The first-order valence-electron chi connectivity index (χ1n) is 7.73. The quantitative estimate of drug-likeness (QED) is 0.803. The van der Waals surface area contributed by atoms with Gasteiger partial charge in [-0.2, -0.15) is 0 Å². The number of nitrogens with zero attached hydrogens (tertiary/aromatic N) is 3. The van der Waals surface area contributed by atoms with Crippen LogP contribution < -0.4 is 5.73 Å². The highest BCUT2D eigenvalue weighted by molar-refractivity contribution is 7.10. The standard InChI is InChI=1S/C18H18N4S/c19-18-20-9-15-10-22(7-6-17(15)21-18)11-16-8-14(12-23-16)13-4-2-1-3-5-13/h1-5,8-9,12H,6-7,10-11H2,(H2,19,20,21). The normalized spacial score (nSPS) is 14.6. The van der Waals surface area contributed by atoms with Crippen molar-refractivity contribution in [3.05, 3.63) is 64.1 Å². The Morgan fingerprint density at radius 1 is 1.17 bits per heavy atom. The number of anilines is 1. The van der Waals surface area contributed by atoms with E-state index >= 15 is 0 Å². The van der Waals surface area contributed by atoms with Gasteiger partial charge in [0.15, 0.2) is 0 Å². The molecule has 0 saturated carbocycles. The molecule has 2 aromatic heterocycles. The minimum atomic E-state index is 0.378. The summed E-state index contributed by atoms with van der Waals surface area (Å²) in [6, 6.07) is 12.8. The number of rotatable bonds is 3. The van der Waals surface area contributed by atoms with E-state index < -0.39 is 0 Å². The lowest BCUT2D eigenvalue weighted by atomic mass is 10.1. The lowest BCUT2D eigenvalue weighted by molar-refractivity contribution is 0.245. The highest BCUT2D eigenvalue weighted by Crippen LogP contribution is 2.27. The van der Waals surface area contributed by atoms with Crippen molar-refractivity contribution in [1.82, 2.24) is 14.9 Å². The number of hydrogen-bond acceptors (Lipinski definition) is 5. The summed E-state index contributed by atoms with van der Waals surface area (Å²) < 4.78 is 0. The van der Waals surface area contributed by atoms with E-state index in [0.717, 1.165) is 31.7 Å². The summed E-state index contributed by atoms with van der Waals surface area (Å²) in [6.45, 7) is 2.89. The first kappa shape index (κ1) is 14.4. The second-order valence-corrected chi connectivity index (χ2v) is 6.82. The minimum Gasteiger partial charge on any atom is -0.368 e. The molecule has 2 N–H and O–H groups in total. The zero-order chi connectivity index (χ0) is 15.6. The molecule has 116 valence electrons. The lowest BCUT2D eigenvalue weighted by Gasteiger charge is -2.27. The van der Waals surface area contributed by atoms with Crippen LogP contribution in [0.5, 0.6) is 0 Å². The molecule has 3 aromatic rings. The second-order valence-electron chi connectivity index (χ2n) is 5.83. The Labute approximate surface area is 139 Å². The van der Waals surface area contributed by atoms with Crippen LogP contribution in [0.2, 0.25) is 0 Å². The SMILES string of the molecule is Nc1ncc2c(n1)CCN(Cc1cc(-c3ccccc3)cs1)C2. The fourth-order valence-electron chi connectivity index (χ4n) is 2.99. The van der Waals surface area contributed by atoms with Gasteiger partial charge in [-0.15, -0.1) is 11.3 Å². The van der Waals surface area contributed by atoms with Crippen molar-refractivity contribution < 1.29 is 0 Å². The molecule has 4 nitrogen and oxygen atoms in total. The van der Waals surface area contributed by atoms with Gasteiger partial charge in [0, 0.05) is 42.7 Å². The number of hydrogen-bond donors (Lipinski definition) is 1. The van der Waals surface area contributed by atoms with E-state index in [1.54, 1.807) is 0 Å². The number of nitrogen functional groups attached to an aromatic ring is 1. The van der Waals surface area contributed by atoms with Gasteiger partial charge in [-0.25, -0.2) is 9.97 Å². The topological polar surface area (TPSA) is 55.0 Å². The van der Waals surface area contributed by atoms with Gasteiger partial charge in [-0.05, 0) is 22.6 Å². The maximum Gasteiger partial charge on any atom is 0.220 e. The zero-order valence-electron chi connectivity index (χ0n) is 12.8. The van der Waals surface area contributed by atoms with Crippen molar-refractivity contribution in [1.29, 1.82) is 0 Å². The third kappa shape index (κ3) is 3.11. The Balaban J connectivity index is 1.47. The maximum atomic E-state index is 5.66. The van der Waals surface area contributed by atoms with E-state index in [1.807, 2.05) is 17.5 Å². The molecule has 0 saturated heterocycles. The van der Waals surface area contributed by atoms with Crippen LogP contribution in [-0.4, -0.2) is 21.4 Å². The van der Waals surface area contributed by atoms with Crippen LogP contribution in [0.25, 0.3) is 11.1 Å². The highest BCUT2D eigenvalue weighted by atomic mass is 32.1. The van der Waals surface area contributed by atoms with Crippen molar-refractivity contribution in [2.24, 2.45) is 0 Å². The molecule has 1 aromatic carbocycles. The zero-order valence-corrected chi connectivity index (χ0v) is 13.6. The fraction of sp³-hybridized carbons (Fsp3) is 0.222. The molecule has 0 spiro atoms. The van der Waals surface area contributed by atoms with E-state index in [2.05, 4.69) is 56.6 Å². The van der Waals surface area contributed by atoms with Crippen LogP contribution in [0.1, 0.15) is 16.1 Å². The monoisotopic (exact) mass is 322 g/mol. The van der Waals surface area contributed by atoms with E-state index in [0.29, 0.717) is 5.95 Å². The molecular weight excluding hydrogens is 304 g/mol. The molecule has 0 fully saturated rings. The van der Waals surface area contributed by atoms with Gasteiger partial charge in [0.1, 0.15) is 0 Å². The van der Waals surface area contributed by atoms with Crippen LogP contribution in [-0.2, 0) is 19.5 Å². The van der Waals surface area contributed by atoms with Gasteiger partial charge >= 0.3 is 0 Å². The Morgan fingerprint density at radius 3 is 2.91 bits per heavy atom. The predicted molar refractivity (Wildman–Crippen MR) is 94.0 cm³/mol. The molecular formula is C18H18N4S. The molecule has 5 heteroatoms. The van der Waals surface area contributed by atoms with Crippen LogP contribution in [0, 0.1) is 0 Å². The average molecular weight is 322 g/mol. The molecule has 0 aliphatic carbocycles. The predicted octanol–water partition coefficient (Wildman–Crippen LogP) is 3.35. The van der Waals surface area contributed by atoms with Gasteiger partial charge < -0.3 is 5.73 Å². The lowest BCUT2D eigenvalue weighted by Crippen LogP contribution is -2.30. The van der Waals surface area contributed by atoms with Crippen molar-refractivity contribution >= 4 is 17.3 Å². The Bertz CT molecular complexity index is 813. The molecule has 0 amide bonds. The summed E-state index contributed by atoms with van der Waals surface area (Å²) in [6.07, 6.45) is 2.81. The summed E-state index contributed by atoms with van der Waals surface area (Å²) in [4.78, 5) is 12.3. The van der Waals surface area contributed by atoms with Gasteiger partial charge in [0.25, 0.3) is 0 Å². The van der Waals surface area contributed by atoms with Crippen LogP contribution in [0.15, 0.2) is 48.0 Å². The number of thiophene rings is 1. The van der Waals surface area contributed by atoms with Gasteiger partial charge in [-0.3, -0.25) is 4.90 Å². The maximum absolute atomic E-state index is 5.66. The average Bonchev–Trinajstić information content (AvgIpc) is 3.04. The largest absolute Gasteiger partial charge is 0.368 e. The molecule has 1 aliphatic heterocycles. The van der Waals surface area contributed by atoms with Crippen molar-refractivity contribution in [2.45, 2.75) is 19.5 Å². The van der Waals surface area contributed by atoms with E-state index in [-0.39, 0.29) is 0 Å². The smallest absolute Gasteiger partial charge is 0.220 e. The fourth-order valence-corrected chi connectivity index (χ4v) is 3.93. The van der Waals surface area contributed by atoms with Gasteiger partial charge in [-0.1, -0.05) is 30.3 Å². The minimum absolute atomic E-state index is 0.378. The van der Waals surface area contributed by atoms with Gasteiger partial charge in [0.2, 0.25) is 5.95 Å².